The van der Waals surface area contributed by atoms with E-state index in [4.69, 9.17) is 32.7 Å². The number of aromatic nitrogens is 3. The summed E-state index contributed by atoms with van der Waals surface area (Å²) in [6.45, 7) is 4.86. The zero-order chi connectivity index (χ0) is 14.5. The number of halogens is 2. The van der Waals surface area contributed by atoms with E-state index in [2.05, 4.69) is 10.3 Å². The maximum Gasteiger partial charge on any atom is 0.204 e. The molecule has 0 radical (unpaired) electrons. The molecule has 1 heterocycles. The smallest absolute Gasteiger partial charge is 0.204 e. The van der Waals surface area contributed by atoms with Crippen LogP contribution in [-0.4, -0.2) is 28.2 Å². The van der Waals surface area contributed by atoms with Gasteiger partial charge in [0.1, 0.15) is 5.69 Å². The molecule has 1 aromatic heterocycles. The molecule has 0 aliphatic heterocycles. The lowest BCUT2D eigenvalue weighted by Crippen LogP contribution is -2.09. The first kappa shape index (κ1) is 15.3. The van der Waals surface area contributed by atoms with Gasteiger partial charge in [-0.05, 0) is 32.0 Å². The summed E-state index contributed by atoms with van der Waals surface area (Å²) in [5.74, 6) is 0. The SMILES string of the molecule is CCOC(OCC)c1cn(-c2ccc(Cl)c(Cl)c2)nn1. The number of hydrogen-bond acceptors (Lipinski definition) is 4. The zero-order valence-electron chi connectivity index (χ0n) is 11.2. The summed E-state index contributed by atoms with van der Waals surface area (Å²) in [5, 5.41) is 9.08. The first-order valence-corrected chi connectivity index (χ1v) is 7.02. The van der Waals surface area contributed by atoms with Gasteiger partial charge in [-0.2, -0.15) is 0 Å². The van der Waals surface area contributed by atoms with E-state index in [0.717, 1.165) is 5.69 Å². The second-order valence-electron chi connectivity index (χ2n) is 3.93. The molecule has 0 bridgehead atoms. The fourth-order valence-electron chi connectivity index (χ4n) is 1.66. The van der Waals surface area contributed by atoms with Crippen LogP contribution >= 0.6 is 23.2 Å². The van der Waals surface area contributed by atoms with Crippen molar-refractivity contribution in [1.29, 1.82) is 0 Å². The topological polar surface area (TPSA) is 49.2 Å². The van der Waals surface area contributed by atoms with Crippen LogP contribution < -0.4 is 0 Å². The molecule has 0 fully saturated rings. The van der Waals surface area contributed by atoms with E-state index < -0.39 is 6.29 Å². The van der Waals surface area contributed by atoms with E-state index >= 15 is 0 Å². The molecule has 0 spiro atoms. The summed E-state index contributed by atoms with van der Waals surface area (Å²) < 4.78 is 12.6. The summed E-state index contributed by atoms with van der Waals surface area (Å²) in [5.41, 5.74) is 1.38. The van der Waals surface area contributed by atoms with Crippen molar-refractivity contribution >= 4 is 23.2 Å². The van der Waals surface area contributed by atoms with Gasteiger partial charge in [-0.1, -0.05) is 28.4 Å². The predicted molar refractivity (Wildman–Crippen MR) is 77.4 cm³/mol. The molecule has 7 heteroatoms. The van der Waals surface area contributed by atoms with Crippen molar-refractivity contribution in [3.63, 3.8) is 0 Å². The number of rotatable bonds is 6. The van der Waals surface area contributed by atoms with Crippen molar-refractivity contribution in [2.75, 3.05) is 13.2 Å². The van der Waals surface area contributed by atoms with Crippen LogP contribution in [0.1, 0.15) is 25.8 Å². The van der Waals surface area contributed by atoms with Crippen molar-refractivity contribution in [1.82, 2.24) is 15.0 Å². The van der Waals surface area contributed by atoms with E-state index in [1.54, 1.807) is 23.0 Å². The molecule has 1 aromatic carbocycles. The maximum absolute atomic E-state index is 5.99. The number of hydrogen-bond donors (Lipinski definition) is 0. The second-order valence-corrected chi connectivity index (χ2v) is 4.74. The van der Waals surface area contributed by atoms with Crippen LogP contribution in [0, 0.1) is 0 Å². The van der Waals surface area contributed by atoms with E-state index in [1.807, 2.05) is 19.9 Å². The third kappa shape index (κ3) is 3.49. The highest BCUT2D eigenvalue weighted by Crippen LogP contribution is 2.25. The van der Waals surface area contributed by atoms with Gasteiger partial charge < -0.3 is 9.47 Å². The van der Waals surface area contributed by atoms with Gasteiger partial charge in [-0.25, -0.2) is 4.68 Å². The Labute approximate surface area is 127 Å². The number of ether oxygens (including phenoxy) is 2. The predicted octanol–water partition coefficient (Wildman–Crippen LogP) is 3.65. The molecular formula is C13H15Cl2N3O2. The molecule has 0 saturated heterocycles. The fourth-order valence-corrected chi connectivity index (χ4v) is 1.95. The highest BCUT2D eigenvalue weighted by Gasteiger charge is 2.16. The molecule has 0 aliphatic carbocycles. The number of nitrogens with zero attached hydrogens (tertiary/aromatic N) is 3. The Kier molecular flexibility index (Phi) is 5.37. The zero-order valence-corrected chi connectivity index (χ0v) is 12.7. The largest absolute Gasteiger partial charge is 0.347 e. The van der Waals surface area contributed by atoms with Crippen molar-refractivity contribution < 1.29 is 9.47 Å². The van der Waals surface area contributed by atoms with Gasteiger partial charge in [0, 0.05) is 13.2 Å². The van der Waals surface area contributed by atoms with Crippen LogP contribution in [-0.2, 0) is 9.47 Å². The summed E-state index contributed by atoms with van der Waals surface area (Å²) in [4.78, 5) is 0. The van der Waals surface area contributed by atoms with Crippen molar-refractivity contribution in [3.05, 3.63) is 40.1 Å². The lowest BCUT2D eigenvalue weighted by molar-refractivity contribution is -0.142. The minimum absolute atomic E-state index is 0.465. The van der Waals surface area contributed by atoms with Gasteiger partial charge in [0.15, 0.2) is 0 Å². The van der Waals surface area contributed by atoms with Gasteiger partial charge >= 0.3 is 0 Å². The summed E-state index contributed by atoms with van der Waals surface area (Å²) in [6.07, 6.45) is 1.23. The van der Waals surface area contributed by atoms with Crippen LogP contribution in [0.5, 0.6) is 0 Å². The Morgan fingerprint density at radius 2 is 1.85 bits per heavy atom. The van der Waals surface area contributed by atoms with E-state index in [-0.39, 0.29) is 0 Å². The Balaban J connectivity index is 2.24. The minimum atomic E-state index is -0.512. The lowest BCUT2D eigenvalue weighted by Gasteiger charge is -2.13. The average Bonchev–Trinajstić information content (AvgIpc) is 2.91. The molecule has 0 saturated carbocycles. The van der Waals surface area contributed by atoms with Crippen LogP contribution in [0.4, 0.5) is 0 Å². The summed E-state index contributed by atoms with van der Waals surface area (Å²) >= 11 is 11.9. The maximum atomic E-state index is 5.99. The standard InChI is InChI=1S/C13H15Cl2N3O2/c1-3-19-13(20-4-2)12-8-18(17-16-12)9-5-6-10(14)11(15)7-9/h5-8,13H,3-4H2,1-2H3. The molecule has 0 aliphatic rings. The first-order chi connectivity index (χ1) is 9.65. The minimum Gasteiger partial charge on any atom is -0.347 e. The van der Waals surface area contributed by atoms with Gasteiger partial charge in [0.25, 0.3) is 0 Å². The summed E-state index contributed by atoms with van der Waals surface area (Å²) in [7, 11) is 0. The monoisotopic (exact) mass is 315 g/mol. The normalized spacial score (nSPS) is 11.2. The molecule has 0 N–H and O–H groups in total. The Morgan fingerprint density at radius 1 is 1.15 bits per heavy atom. The molecule has 5 nitrogen and oxygen atoms in total. The van der Waals surface area contributed by atoms with Gasteiger partial charge in [-0.15, -0.1) is 5.10 Å². The van der Waals surface area contributed by atoms with E-state index in [9.17, 15) is 0 Å². The lowest BCUT2D eigenvalue weighted by atomic mass is 10.3. The van der Waals surface area contributed by atoms with Gasteiger partial charge in [0.2, 0.25) is 6.29 Å². The number of benzene rings is 1. The van der Waals surface area contributed by atoms with Crippen LogP contribution in [0.3, 0.4) is 0 Å². The summed E-state index contributed by atoms with van der Waals surface area (Å²) in [6, 6.07) is 5.24. The van der Waals surface area contributed by atoms with Gasteiger partial charge in [0.05, 0.1) is 21.9 Å². The quantitative estimate of drug-likeness (QED) is 0.763. The van der Waals surface area contributed by atoms with Crippen molar-refractivity contribution in [3.8, 4) is 5.69 Å². The highest BCUT2D eigenvalue weighted by molar-refractivity contribution is 6.42. The first-order valence-electron chi connectivity index (χ1n) is 6.26. The third-order valence-electron chi connectivity index (χ3n) is 2.56. The molecule has 0 atom stereocenters. The van der Waals surface area contributed by atoms with Crippen molar-refractivity contribution in [2.45, 2.75) is 20.1 Å². The van der Waals surface area contributed by atoms with E-state index in [1.165, 1.54) is 0 Å². The molecule has 20 heavy (non-hydrogen) atoms. The molecule has 0 amide bonds. The van der Waals surface area contributed by atoms with Crippen LogP contribution in [0.25, 0.3) is 5.69 Å². The molecule has 2 rings (SSSR count). The highest BCUT2D eigenvalue weighted by atomic mass is 35.5. The Hall–Kier alpha value is -1.14. The van der Waals surface area contributed by atoms with Gasteiger partial charge in [-0.3, -0.25) is 0 Å². The second kappa shape index (κ2) is 7.04. The van der Waals surface area contributed by atoms with Crippen LogP contribution in [0.2, 0.25) is 10.0 Å². The van der Waals surface area contributed by atoms with Crippen molar-refractivity contribution in [2.24, 2.45) is 0 Å². The molecule has 108 valence electrons. The van der Waals surface area contributed by atoms with Crippen LogP contribution in [0.15, 0.2) is 24.4 Å². The Morgan fingerprint density at radius 3 is 2.45 bits per heavy atom. The molecule has 0 unspecified atom stereocenters. The molecular weight excluding hydrogens is 301 g/mol. The van der Waals surface area contributed by atoms with E-state index in [0.29, 0.717) is 29.0 Å². The Bertz CT molecular complexity index is 568. The molecule has 2 aromatic rings. The third-order valence-corrected chi connectivity index (χ3v) is 3.30. The average molecular weight is 316 g/mol. The fraction of sp³-hybridized carbons (Fsp3) is 0.385.